The Labute approximate surface area is 177 Å². The third-order valence-corrected chi connectivity index (χ3v) is 4.48. The topological polar surface area (TPSA) is 197 Å². The molecule has 0 rings (SSSR count). The highest BCUT2D eigenvalue weighted by atomic mass is 16.4. The van der Waals surface area contributed by atoms with Gasteiger partial charge in [0.05, 0.1) is 6.10 Å². The minimum absolute atomic E-state index is 0.0480. The Morgan fingerprint density at radius 1 is 0.867 bits per heavy atom. The van der Waals surface area contributed by atoms with Gasteiger partial charge in [-0.1, -0.05) is 13.8 Å². The minimum Gasteiger partial charge on any atom is -0.480 e. The summed E-state index contributed by atoms with van der Waals surface area (Å²) in [5, 5.41) is 26.1. The second-order valence-electron chi connectivity index (χ2n) is 7.87. The number of aliphatic hydroxyl groups is 1. The molecule has 0 aromatic heterocycles. The Bertz CT molecular complexity index is 584. The molecule has 30 heavy (non-hydrogen) atoms. The van der Waals surface area contributed by atoms with Gasteiger partial charge in [-0.15, -0.1) is 0 Å². The quantitative estimate of drug-likeness (QED) is 0.160. The van der Waals surface area contributed by atoms with Crippen LogP contribution in [0, 0.1) is 5.92 Å². The second kappa shape index (κ2) is 13.9. The molecule has 11 nitrogen and oxygen atoms in total. The molecule has 0 aliphatic carbocycles. The standard InChI is InChI=1S/C19H37N5O6/c1-10(2)9-14(24-18(28)15(21)12(4)25)17(27)22-11(3)16(26)23-13(19(29)30)7-5-6-8-20/h10-15,25H,5-9,20-21H2,1-4H3,(H,22,27)(H,23,26)(H,24,28)(H,29,30). The first-order chi connectivity index (χ1) is 13.9. The van der Waals surface area contributed by atoms with Crippen molar-refractivity contribution in [2.24, 2.45) is 17.4 Å². The van der Waals surface area contributed by atoms with Crippen molar-refractivity contribution < 1.29 is 29.4 Å². The minimum atomic E-state index is -1.20. The van der Waals surface area contributed by atoms with Gasteiger partial charge in [-0.25, -0.2) is 4.79 Å². The number of aliphatic hydroxyl groups excluding tert-OH is 1. The van der Waals surface area contributed by atoms with E-state index in [1.165, 1.54) is 13.8 Å². The van der Waals surface area contributed by atoms with Crippen LogP contribution in [-0.4, -0.2) is 70.7 Å². The molecule has 0 radical (unpaired) electrons. The highest BCUT2D eigenvalue weighted by molar-refractivity contribution is 5.94. The maximum Gasteiger partial charge on any atom is 0.326 e. The maximum absolute atomic E-state index is 12.6. The summed E-state index contributed by atoms with van der Waals surface area (Å²) in [5.74, 6) is -3.07. The SMILES string of the molecule is CC(C)CC(NC(=O)C(N)C(C)O)C(=O)NC(C)C(=O)NC(CCCCN)C(=O)O. The molecule has 174 valence electrons. The molecule has 9 N–H and O–H groups in total. The Morgan fingerprint density at radius 2 is 1.43 bits per heavy atom. The number of hydrogen-bond donors (Lipinski definition) is 7. The fourth-order valence-electron chi connectivity index (χ4n) is 2.62. The molecule has 11 heteroatoms. The van der Waals surface area contributed by atoms with Gasteiger partial charge >= 0.3 is 5.97 Å². The lowest BCUT2D eigenvalue weighted by Gasteiger charge is -2.25. The summed E-state index contributed by atoms with van der Waals surface area (Å²) in [6.45, 7) is 6.92. The first-order valence-electron chi connectivity index (χ1n) is 10.2. The number of nitrogens with one attached hydrogen (secondary N) is 3. The van der Waals surface area contributed by atoms with Gasteiger partial charge in [0.25, 0.3) is 0 Å². The van der Waals surface area contributed by atoms with Crippen LogP contribution < -0.4 is 27.4 Å². The average molecular weight is 432 g/mol. The van der Waals surface area contributed by atoms with Crippen LogP contribution in [0.4, 0.5) is 0 Å². The Morgan fingerprint density at radius 3 is 1.90 bits per heavy atom. The largest absolute Gasteiger partial charge is 0.480 e. The van der Waals surface area contributed by atoms with Crippen LogP contribution in [0.25, 0.3) is 0 Å². The van der Waals surface area contributed by atoms with E-state index in [1.807, 2.05) is 13.8 Å². The lowest BCUT2D eigenvalue weighted by Crippen LogP contribution is -2.57. The number of amides is 3. The highest BCUT2D eigenvalue weighted by Gasteiger charge is 2.29. The first-order valence-corrected chi connectivity index (χ1v) is 10.2. The van der Waals surface area contributed by atoms with E-state index < -0.39 is 54.0 Å². The van der Waals surface area contributed by atoms with Crippen molar-refractivity contribution in [1.29, 1.82) is 0 Å². The van der Waals surface area contributed by atoms with Gasteiger partial charge in [0.2, 0.25) is 17.7 Å². The summed E-state index contributed by atoms with van der Waals surface area (Å²) in [5.41, 5.74) is 11.0. The number of carboxylic acids is 1. The molecule has 0 aromatic rings. The summed E-state index contributed by atoms with van der Waals surface area (Å²) < 4.78 is 0. The van der Waals surface area contributed by atoms with Crippen molar-refractivity contribution in [2.45, 2.75) is 83.6 Å². The van der Waals surface area contributed by atoms with E-state index in [0.29, 0.717) is 19.4 Å². The number of nitrogens with two attached hydrogens (primary N) is 2. The molecule has 0 spiro atoms. The Hall–Kier alpha value is -2.24. The maximum atomic E-state index is 12.6. The number of hydrogen-bond acceptors (Lipinski definition) is 7. The number of unbranched alkanes of at least 4 members (excludes halogenated alkanes) is 1. The summed E-state index contributed by atoms with van der Waals surface area (Å²) >= 11 is 0. The highest BCUT2D eigenvalue weighted by Crippen LogP contribution is 2.07. The molecule has 0 aliphatic rings. The van der Waals surface area contributed by atoms with Crippen LogP contribution in [0.1, 0.15) is 53.4 Å². The monoisotopic (exact) mass is 431 g/mol. The predicted molar refractivity (Wildman–Crippen MR) is 111 cm³/mol. The fraction of sp³-hybridized carbons (Fsp3) is 0.789. The van der Waals surface area contributed by atoms with Crippen molar-refractivity contribution >= 4 is 23.7 Å². The number of aliphatic carboxylic acids is 1. The summed E-state index contributed by atoms with van der Waals surface area (Å²) in [6.07, 6.45) is 0.597. The van der Waals surface area contributed by atoms with Gasteiger partial charge in [-0.05, 0) is 52.0 Å². The third-order valence-electron chi connectivity index (χ3n) is 4.48. The van der Waals surface area contributed by atoms with E-state index in [4.69, 9.17) is 11.5 Å². The van der Waals surface area contributed by atoms with E-state index >= 15 is 0 Å². The molecule has 0 heterocycles. The number of carbonyl (C=O) groups excluding carboxylic acids is 3. The van der Waals surface area contributed by atoms with Crippen molar-refractivity contribution in [3.8, 4) is 0 Å². The van der Waals surface area contributed by atoms with Crippen molar-refractivity contribution in [3.63, 3.8) is 0 Å². The zero-order chi connectivity index (χ0) is 23.4. The molecule has 0 saturated heterocycles. The van der Waals surface area contributed by atoms with Crippen LogP contribution in [0.2, 0.25) is 0 Å². The molecule has 0 saturated carbocycles. The molecular formula is C19H37N5O6. The van der Waals surface area contributed by atoms with Gasteiger partial charge in [0.15, 0.2) is 0 Å². The van der Waals surface area contributed by atoms with Crippen molar-refractivity contribution in [3.05, 3.63) is 0 Å². The van der Waals surface area contributed by atoms with E-state index in [0.717, 1.165) is 0 Å². The Balaban J connectivity index is 5.00. The summed E-state index contributed by atoms with van der Waals surface area (Å²) in [4.78, 5) is 48.4. The zero-order valence-corrected chi connectivity index (χ0v) is 18.2. The van der Waals surface area contributed by atoms with Gasteiger partial charge in [0.1, 0.15) is 24.2 Å². The molecule has 0 aromatic carbocycles. The normalized spacial score (nSPS) is 16.1. The number of rotatable bonds is 14. The second-order valence-corrected chi connectivity index (χ2v) is 7.87. The van der Waals surface area contributed by atoms with E-state index in [2.05, 4.69) is 16.0 Å². The molecule has 3 amide bonds. The van der Waals surface area contributed by atoms with Crippen LogP contribution in [0.5, 0.6) is 0 Å². The van der Waals surface area contributed by atoms with E-state index in [9.17, 15) is 29.4 Å². The lowest BCUT2D eigenvalue weighted by atomic mass is 10.0. The zero-order valence-electron chi connectivity index (χ0n) is 18.2. The summed E-state index contributed by atoms with van der Waals surface area (Å²) in [6, 6.07) is -4.26. The lowest BCUT2D eigenvalue weighted by molar-refractivity contribution is -0.142. The Kier molecular flexibility index (Phi) is 12.8. The molecule has 5 unspecified atom stereocenters. The smallest absolute Gasteiger partial charge is 0.326 e. The third kappa shape index (κ3) is 10.5. The van der Waals surface area contributed by atoms with Gasteiger partial charge in [-0.3, -0.25) is 14.4 Å². The van der Waals surface area contributed by atoms with Crippen molar-refractivity contribution in [2.75, 3.05) is 6.54 Å². The van der Waals surface area contributed by atoms with E-state index in [-0.39, 0.29) is 18.8 Å². The number of carboxylic acid groups (broad SMARTS) is 1. The first kappa shape index (κ1) is 27.8. The molecule has 0 bridgehead atoms. The molecule has 5 atom stereocenters. The van der Waals surface area contributed by atoms with Gasteiger partial charge < -0.3 is 37.6 Å². The molecule has 0 fully saturated rings. The van der Waals surface area contributed by atoms with Crippen LogP contribution in [0.3, 0.4) is 0 Å². The fourth-order valence-corrected chi connectivity index (χ4v) is 2.62. The van der Waals surface area contributed by atoms with Crippen LogP contribution in [-0.2, 0) is 19.2 Å². The number of carbonyl (C=O) groups is 4. The predicted octanol–water partition coefficient (Wildman–Crippen LogP) is -1.57. The molecular weight excluding hydrogens is 394 g/mol. The average Bonchev–Trinajstić information content (AvgIpc) is 2.65. The van der Waals surface area contributed by atoms with Gasteiger partial charge in [-0.2, -0.15) is 0 Å². The van der Waals surface area contributed by atoms with Crippen molar-refractivity contribution in [1.82, 2.24) is 16.0 Å². The van der Waals surface area contributed by atoms with Gasteiger partial charge in [0, 0.05) is 0 Å². The van der Waals surface area contributed by atoms with E-state index in [1.54, 1.807) is 0 Å². The van der Waals surface area contributed by atoms with Crippen LogP contribution >= 0.6 is 0 Å². The summed E-state index contributed by atoms with van der Waals surface area (Å²) in [7, 11) is 0. The molecule has 0 aliphatic heterocycles. The van der Waals surface area contributed by atoms with Crippen LogP contribution in [0.15, 0.2) is 0 Å².